The molecule has 0 radical (unpaired) electrons. The Labute approximate surface area is 126 Å². The first-order valence-corrected chi connectivity index (χ1v) is 8.72. The first-order valence-electron chi connectivity index (χ1n) is 6.01. The molecule has 0 aromatic carbocycles. The number of anilines is 1. The van der Waals surface area contributed by atoms with Crippen molar-refractivity contribution in [3.05, 3.63) is 16.2 Å². The molecule has 8 nitrogen and oxygen atoms in total. The molecule has 0 aliphatic carbocycles. The van der Waals surface area contributed by atoms with Crippen molar-refractivity contribution < 1.29 is 18.1 Å². The van der Waals surface area contributed by atoms with Crippen molar-refractivity contribution in [2.75, 3.05) is 24.7 Å². The van der Waals surface area contributed by atoms with Crippen molar-refractivity contribution >= 4 is 37.8 Å². The fourth-order valence-electron chi connectivity index (χ4n) is 1.59. The van der Waals surface area contributed by atoms with Crippen LogP contribution in [0.4, 0.5) is 10.7 Å². The van der Waals surface area contributed by atoms with Gasteiger partial charge in [-0.1, -0.05) is 11.3 Å². The Morgan fingerprint density at radius 1 is 1.52 bits per heavy atom. The van der Waals surface area contributed by atoms with Crippen molar-refractivity contribution in [2.24, 2.45) is 0 Å². The van der Waals surface area contributed by atoms with Gasteiger partial charge in [-0.3, -0.25) is 14.9 Å². The van der Waals surface area contributed by atoms with E-state index in [1.54, 1.807) is 13.8 Å². The Morgan fingerprint density at radius 3 is 2.52 bits per heavy atom. The molecule has 0 fully saturated rings. The average molecular weight is 335 g/mol. The fourth-order valence-corrected chi connectivity index (χ4v) is 3.58. The predicted octanol–water partition coefficient (Wildman–Crippen LogP) is 1.02. The highest BCUT2D eigenvalue weighted by Crippen LogP contribution is 2.39. The van der Waals surface area contributed by atoms with Gasteiger partial charge in [0.1, 0.15) is 4.21 Å². The standard InChI is InChI=1S/C11H17N3O5S2/c1-7(2)12-9(15)6-13(3)11-8(14(16)17)5-10(20-11)21(4,18)19/h5,7H,6H2,1-4H3,(H,12,15). The van der Waals surface area contributed by atoms with Gasteiger partial charge in [0.2, 0.25) is 5.91 Å². The highest BCUT2D eigenvalue weighted by Gasteiger charge is 2.26. The molecular weight excluding hydrogens is 318 g/mol. The summed E-state index contributed by atoms with van der Waals surface area (Å²) < 4.78 is 22.9. The Balaban J connectivity index is 3.08. The number of hydrogen-bond acceptors (Lipinski definition) is 7. The lowest BCUT2D eigenvalue weighted by Crippen LogP contribution is -2.38. The maximum Gasteiger partial charge on any atom is 0.305 e. The van der Waals surface area contributed by atoms with E-state index in [1.165, 1.54) is 11.9 Å². The van der Waals surface area contributed by atoms with Crippen molar-refractivity contribution in [3.63, 3.8) is 0 Å². The Kier molecular flexibility index (Phi) is 5.29. The van der Waals surface area contributed by atoms with Crippen molar-refractivity contribution in [1.29, 1.82) is 0 Å². The molecule has 0 saturated carbocycles. The van der Waals surface area contributed by atoms with Crippen LogP contribution >= 0.6 is 11.3 Å². The number of nitrogens with one attached hydrogen (secondary N) is 1. The molecule has 1 aromatic heterocycles. The van der Waals surface area contributed by atoms with E-state index < -0.39 is 14.8 Å². The van der Waals surface area contributed by atoms with Gasteiger partial charge in [-0.05, 0) is 13.8 Å². The molecule has 0 spiro atoms. The number of hydrogen-bond donors (Lipinski definition) is 1. The zero-order valence-corrected chi connectivity index (χ0v) is 13.7. The van der Waals surface area contributed by atoms with Crippen molar-refractivity contribution in [3.8, 4) is 0 Å². The fraction of sp³-hybridized carbons (Fsp3) is 0.545. The highest BCUT2D eigenvalue weighted by molar-refractivity contribution is 7.92. The molecule has 0 unspecified atom stereocenters. The van der Waals surface area contributed by atoms with Crippen molar-refractivity contribution in [2.45, 2.75) is 24.1 Å². The van der Waals surface area contributed by atoms with Crippen LogP contribution in [0, 0.1) is 10.1 Å². The second-order valence-electron chi connectivity index (χ2n) is 4.86. The summed E-state index contributed by atoms with van der Waals surface area (Å²) in [5.41, 5.74) is -0.319. The number of thiophene rings is 1. The highest BCUT2D eigenvalue weighted by atomic mass is 32.2. The molecule has 0 atom stereocenters. The molecule has 118 valence electrons. The summed E-state index contributed by atoms with van der Waals surface area (Å²) in [5, 5.41) is 13.8. The number of rotatable bonds is 6. The van der Waals surface area contributed by atoms with E-state index >= 15 is 0 Å². The maximum atomic E-state index is 11.7. The number of sulfone groups is 1. The summed E-state index contributed by atoms with van der Waals surface area (Å²) in [4.78, 5) is 23.4. The third kappa shape index (κ3) is 4.67. The van der Waals surface area contributed by atoms with Crippen LogP contribution in [-0.4, -0.2) is 45.1 Å². The first kappa shape index (κ1) is 17.4. The molecule has 21 heavy (non-hydrogen) atoms. The van der Waals surface area contributed by atoms with Crippen LogP contribution in [0.2, 0.25) is 0 Å². The Morgan fingerprint density at radius 2 is 2.10 bits per heavy atom. The molecular formula is C11H17N3O5S2. The van der Waals surface area contributed by atoms with Gasteiger partial charge in [0.15, 0.2) is 14.8 Å². The van der Waals surface area contributed by atoms with Gasteiger partial charge in [0.25, 0.3) is 0 Å². The largest absolute Gasteiger partial charge is 0.352 e. The van der Waals surface area contributed by atoms with Crippen LogP contribution in [-0.2, 0) is 14.6 Å². The number of carbonyl (C=O) groups is 1. The van der Waals surface area contributed by atoms with Crippen LogP contribution in [0.25, 0.3) is 0 Å². The number of amides is 1. The van der Waals surface area contributed by atoms with Gasteiger partial charge in [-0.15, -0.1) is 0 Å². The molecule has 1 N–H and O–H groups in total. The second-order valence-corrected chi connectivity index (χ2v) is 8.14. The minimum atomic E-state index is -3.53. The van der Waals surface area contributed by atoms with Crippen LogP contribution in [0.1, 0.15) is 13.8 Å². The van der Waals surface area contributed by atoms with Gasteiger partial charge >= 0.3 is 5.69 Å². The summed E-state index contributed by atoms with van der Waals surface area (Å²) >= 11 is 0.780. The minimum absolute atomic E-state index is 0.0456. The lowest BCUT2D eigenvalue weighted by molar-refractivity contribution is -0.383. The third-order valence-corrected chi connectivity index (χ3v) is 5.45. The van der Waals surface area contributed by atoms with Crippen LogP contribution < -0.4 is 10.2 Å². The van der Waals surface area contributed by atoms with E-state index in [0.717, 1.165) is 23.7 Å². The molecule has 1 rings (SSSR count). The Hall–Kier alpha value is -1.68. The van der Waals surface area contributed by atoms with E-state index in [-0.39, 0.29) is 33.4 Å². The maximum absolute atomic E-state index is 11.7. The third-order valence-electron chi connectivity index (χ3n) is 2.41. The lowest BCUT2D eigenvalue weighted by Gasteiger charge is -2.17. The van der Waals surface area contributed by atoms with Crippen molar-refractivity contribution in [1.82, 2.24) is 5.32 Å². The summed E-state index contributed by atoms with van der Waals surface area (Å²) in [7, 11) is -2.03. The number of nitrogens with zero attached hydrogens (tertiary/aromatic N) is 2. The smallest absolute Gasteiger partial charge is 0.305 e. The van der Waals surface area contributed by atoms with Gasteiger partial charge in [-0.2, -0.15) is 0 Å². The van der Waals surface area contributed by atoms with Crippen LogP contribution in [0.15, 0.2) is 10.3 Å². The molecule has 1 amide bonds. The number of nitro groups is 1. The van der Waals surface area contributed by atoms with E-state index in [1.807, 2.05) is 0 Å². The molecule has 1 aromatic rings. The first-order chi connectivity index (χ1) is 9.52. The molecule has 1 heterocycles. The van der Waals surface area contributed by atoms with E-state index in [9.17, 15) is 23.3 Å². The molecule has 0 aliphatic heterocycles. The monoisotopic (exact) mass is 335 g/mol. The molecule has 10 heteroatoms. The zero-order valence-electron chi connectivity index (χ0n) is 12.1. The van der Waals surface area contributed by atoms with E-state index in [0.29, 0.717) is 0 Å². The minimum Gasteiger partial charge on any atom is -0.352 e. The zero-order chi connectivity index (χ0) is 16.4. The molecule has 0 bridgehead atoms. The summed E-state index contributed by atoms with van der Waals surface area (Å²) in [6.45, 7) is 3.50. The summed E-state index contributed by atoms with van der Waals surface area (Å²) in [6, 6.07) is 0.974. The number of likely N-dealkylation sites (N-methyl/N-ethyl adjacent to an activating group) is 1. The van der Waals surface area contributed by atoms with Gasteiger partial charge in [-0.25, -0.2) is 8.42 Å². The summed E-state index contributed by atoms with van der Waals surface area (Å²) in [5.74, 6) is -0.295. The number of carbonyl (C=O) groups excluding carboxylic acids is 1. The van der Waals surface area contributed by atoms with Gasteiger partial charge in [0.05, 0.1) is 11.5 Å². The van der Waals surface area contributed by atoms with Crippen LogP contribution in [0.5, 0.6) is 0 Å². The van der Waals surface area contributed by atoms with E-state index in [2.05, 4.69) is 5.32 Å². The topological polar surface area (TPSA) is 110 Å². The Bertz CT molecular complexity index is 651. The van der Waals surface area contributed by atoms with Gasteiger partial charge < -0.3 is 10.2 Å². The quantitative estimate of drug-likeness (QED) is 0.614. The lowest BCUT2D eigenvalue weighted by atomic mass is 10.4. The average Bonchev–Trinajstić information content (AvgIpc) is 2.71. The molecule has 0 saturated heterocycles. The molecule has 0 aliphatic rings. The normalized spacial score (nSPS) is 11.5. The van der Waals surface area contributed by atoms with Gasteiger partial charge in [0, 0.05) is 25.4 Å². The summed E-state index contributed by atoms with van der Waals surface area (Å²) in [6.07, 6.45) is 0.984. The second kappa shape index (κ2) is 6.39. The van der Waals surface area contributed by atoms with Crippen LogP contribution in [0.3, 0.4) is 0 Å². The predicted molar refractivity (Wildman–Crippen MR) is 80.6 cm³/mol. The van der Waals surface area contributed by atoms with E-state index in [4.69, 9.17) is 0 Å². The SMILES string of the molecule is CC(C)NC(=O)CN(C)c1sc(S(C)(=O)=O)cc1[N+](=O)[O-].